The highest BCUT2D eigenvalue weighted by molar-refractivity contribution is 5.85. The molecule has 0 bridgehead atoms. The third-order valence-electron chi connectivity index (χ3n) is 5.50. The van der Waals surface area contributed by atoms with E-state index in [0.29, 0.717) is 12.0 Å². The number of carbonyl (C=O) groups is 1. The first-order chi connectivity index (χ1) is 11.8. The number of halogens is 1. The molecule has 1 atom stereocenters. The number of hydrogen-bond acceptors (Lipinski definition) is 3. The number of piperidine rings is 1. The first-order valence-electron chi connectivity index (χ1n) is 8.79. The van der Waals surface area contributed by atoms with Gasteiger partial charge in [-0.15, -0.1) is 12.4 Å². The van der Waals surface area contributed by atoms with Crippen LogP contribution in [0.3, 0.4) is 0 Å². The molecule has 2 N–H and O–H groups in total. The van der Waals surface area contributed by atoms with Crippen molar-refractivity contribution in [3.63, 3.8) is 0 Å². The average molecular weight is 361 g/mol. The molecular formula is C19H25ClN4O. The Morgan fingerprint density at radius 1 is 1.24 bits per heavy atom. The first-order valence-corrected chi connectivity index (χ1v) is 8.79. The summed E-state index contributed by atoms with van der Waals surface area (Å²) < 4.78 is 1.91. The van der Waals surface area contributed by atoms with E-state index in [1.54, 1.807) is 6.20 Å². The maximum Gasteiger partial charge on any atom is 0.223 e. The Kier molecular flexibility index (Phi) is 5.45. The summed E-state index contributed by atoms with van der Waals surface area (Å²) in [5.41, 5.74) is 2.67. The largest absolute Gasteiger partial charge is 0.352 e. The molecule has 1 saturated carbocycles. The van der Waals surface area contributed by atoms with Crippen LogP contribution in [0.4, 0.5) is 0 Å². The zero-order valence-electron chi connectivity index (χ0n) is 14.3. The normalized spacial score (nSPS) is 20.7. The summed E-state index contributed by atoms with van der Waals surface area (Å²) in [4.78, 5) is 12.4. The monoisotopic (exact) mass is 360 g/mol. The lowest BCUT2D eigenvalue weighted by molar-refractivity contribution is -0.123. The summed E-state index contributed by atoms with van der Waals surface area (Å²) in [5.74, 6) is 0.469. The minimum Gasteiger partial charge on any atom is -0.352 e. The van der Waals surface area contributed by atoms with E-state index in [1.807, 2.05) is 16.9 Å². The second-order valence-electron chi connectivity index (χ2n) is 7.11. The first kappa shape index (κ1) is 18.0. The van der Waals surface area contributed by atoms with Gasteiger partial charge in [-0.3, -0.25) is 9.48 Å². The maximum atomic E-state index is 12.4. The maximum absolute atomic E-state index is 12.4. The van der Waals surface area contributed by atoms with Crippen molar-refractivity contribution in [1.82, 2.24) is 20.4 Å². The lowest BCUT2D eigenvalue weighted by Gasteiger charge is -2.23. The predicted molar refractivity (Wildman–Crippen MR) is 99.5 cm³/mol. The number of aromatic nitrogens is 2. The van der Waals surface area contributed by atoms with Gasteiger partial charge in [0.05, 0.1) is 6.54 Å². The molecule has 134 valence electrons. The van der Waals surface area contributed by atoms with Crippen LogP contribution in [0.25, 0.3) is 0 Å². The number of carbonyl (C=O) groups excluding carboxylic acids is 1. The van der Waals surface area contributed by atoms with Crippen molar-refractivity contribution in [3.05, 3.63) is 53.9 Å². The Labute approximate surface area is 154 Å². The molecule has 1 aromatic carbocycles. The molecule has 1 aromatic heterocycles. The van der Waals surface area contributed by atoms with E-state index in [4.69, 9.17) is 0 Å². The van der Waals surface area contributed by atoms with Gasteiger partial charge in [-0.25, -0.2) is 0 Å². The van der Waals surface area contributed by atoms with Gasteiger partial charge in [0.1, 0.15) is 0 Å². The number of benzene rings is 1. The minimum absolute atomic E-state index is 0. The van der Waals surface area contributed by atoms with Crippen LogP contribution in [0.2, 0.25) is 0 Å². The van der Waals surface area contributed by atoms with Gasteiger partial charge < -0.3 is 10.6 Å². The molecule has 4 rings (SSSR count). The summed E-state index contributed by atoms with van der Waals surface area (Å²) in [6.45, 7) is 3.51. The topological polar surface area (TPSA) is 59.0 Å². The van der Waals surface area contributed by atoms with Crippen LogP contribution in [0.15, 0.2) is 42.7 Å². The SMILES string of the molecule is Cl.O=C(NCc1ccc(Cn2cccn2)cc1)C1CC12CCNCC2. The summed E-state index contributed by atoms with van der Waals surface area (Å²) in [6.07, 6.45) is 7.11. The van der Waals surface area contributed by atoms with Crippen molar-refractivity contribution >= 4 is 18.3 Å². The molecular weight excluding hydrogens is 336 g/mol. The molecule has 2 aromatic rings. The summed E-state index contributed by atoms with van der Waals surface area (Å²) in [7, 11) is 0. The Balaban J connectivity index is 0.00000182. The highest BCUT2D eigenvalue weighted by Crippen LogP contribution is 2.58. The lowest BCUT2D eigenvalue weighted by atomic mass is 9.92. The van der Waals surface area contributed by atoms with Crippen molar-refractivity contribution in [1.29, 1.82) is 0 Å². The molecule has 6 heteroatoms. The van der Waals surface area contributed by atoms with E-state index in [2.05, 4.69) is 40.0 Å². The predicted octanol–water partition coefficient (Wildman–Crippen LogP) is 2.36. The number of amides is 1. The van der Waals surface area contributed by atoms with E-state index in [9.17, 15) is 4.79 Å². The number of nitrogens with zero attached hydrogens (tertiary/aromatic N) is 2. The molecule has 0 radical (unpaired) electrons. The standard InChI is InChI=1S/C19H24N4O.ClH/c24-18(17-12-19(17)6-9-20-10-7-19)21-13-15-2-4-16(5-3-15)14-23-11-1-8-22-23;/h1-5,8,11,17,20H,6-7,9-10,12-14H2,(H,21,24);1H. The Hall–Kier alpha value is -1.85. The molecule has 1 aliphatic heterocycles. The van der Waals surface area contributed by atoms with Crippen LogP contribution < -0.4 is 10.6 Å². The highest BCUT2D eigenvalue weighted by atomic mass is 35.5. The molecule has 5 nitrogen and oxygen atoms in total. The van der Waals surface area contributed by atoms with Crippen LogP contribution in [-0.2, 0) is 17.9 Å². The average Bonchev–Trinajstić information content (AvgIpc) is 3.05. The summed E-state index contributed by atoms with van der Waals surface area (Å²) >= 11 is 0. The smallest absolute Gasteiger partial charge is 0.223 e. The fourth-order valence-corrected chi connectivity index (χ4v) is 3.85. The number of nitrogens with one attached hydrogen (secondary N) is 2. The molecule has 2 aliphatic rings. The van der Waals surface area contributed by atoms with Crippen LogP contribution in [-0.4, -0.2) is 28.8 Å². The Morgan fingerprint density at radius 3 is 2.64 bits per heavy atom. The van der Waals surface area contributed by atoms with Gasteiger partial charge in [-0.05, 0) is 55.0 Å². The molecule has 2 heterocycles. The Morgan fingerprint density at radius 2 is 1.96 bits per heavy atom. The lowest BCUT2D eigenvalue weighted by Crippen LogP contribution is -2.33. The summed E-state index contributed by atoms with van der Waals surface area (Å²) in [5, 5.41) is 10.7. The second-order valence-corrected chi connectivity index (χ2v) is 7.11. The zero-order valence-corrected chi connectivity index (χ0v) is 15.1. The van der Waals surface area contributed by atoms with Gasteiger partial charge >= 0.3 is 0 Å². The van der Waals surface area contributed by atoms with E-state index in [-0.39, 0.29) is 24.2 Å². The van der Waals surface area contributed by atoms with E-state index in [1.165, 1.54) is 5.56 Å². The molecule has 25 heavy (non-hydrogen) atoms. The van der Waals surface area contributed by atoms with Gasteiger partial charge in [0.15, 0.2) is 0 Å². The number of rotatable bonds is 5. The van der Waals surface area contributed by atoms with Crippen molar-refractivity contribution in [3.8, 4) is 0 Å². The van der Waals surface area contributed by atoms with Crippen molar-refractivity contribution in [2.75, 3.05) is 13.1 Å². The van der Waals surface area contributed by atoms with Crippen molar-refractivity contribution in [2.45, 2.75) is 32.4 Å². The quantitative estimate of drug-likeness (QED) is 0.860. The highest BCUT2D eigenvalue weighted by Gasteiger charge is 2.57. The van der Waals surface area contributed by atoms with Gasteiger partial charge in [-0.1, -0.05) is 24.3 Å². The van der Waals surface area contributed by atoms with Crippen molar-refractivity contribution in [2.24, 2.45) is 11.3 Å². The van der Waals surface area contributed by atoms with Gasteiger partial charge in [0.2, 0.25) is 5.91 Å². The molecule has 1 unspecified atom stereocenters. The van der Waals surface area contributed by atoms with E-state index in [0.717, 1.165) is 44.5 Å². The minimum atomic E-state index is 0. The van der Waals surface area contributed by atoms with Gasteiger partial charge in [0, 0.05) is 24.9 Å². The van der Waals surface area contributed by atoms with Gasteiger partial charge in [0.25, 0.3) is 0 Å². The van der Waals surface area contributed by atoms with Crippen LogP contribution in [0.5, 0.6) is 0 Å². The molecule has 2 fully saturated rings. The third-order valence-corrected chi connectivity index (χ3v) is 5.50. The molecule has 1 amide bonds. The fraction of sp³-hybridized carbons (Fsp3) is 0.474. The van der Waals surface area contributed by atoms with Gasteiger partial charge in [-0.2, -0.15) is 5.10 Å². The zero-order chi connectivity index (χ0) is 16.4. The third kappa shape index (κ3) is 4.05. The Bertz CT molecular complexity index is 693. The summed E-state index contributed by atoms with van der Waals surface area (Å²) in [6, 6.07) is 10.3. The van der Waals surface area contributed by atoms with Crippen LogP contribution in [0.1, 0.15) is 30.4 Å². The second kappa shape index (κ2) is 7.58. The van der Waals surface area contributed by atoms with E-state index >= 15 is 0 Å². The molecule has 1 saturated heterocycles. The van der Waals surface area contributed by atoms with Crippen LogP contribution in [0, 0.1) is 11.3 Å². The fourth-order valence-electron chi connectivity index (χ4n) is 3.85. The van der Waals surface area contributed by atoms with Crippen molar-refractivity contribution < 1.29 is 4.79 Å². The molecule has 1 spiro atoms. The van der Waals surface area contributed by atoms with E-state index < -0.39 is 0 Å². The molecule has 1 aliphatic carbocycles. The van der Waals surface area contributed by atoms with Crippen LogP contribution >= 0.6 is 12.4 Å². The number of hydrogen-bond donors (Lipinski definition) is 2.